The molecule has 3 aromatic carbocycles. The number of anilines is 1. The van der Waals surface area contributed by atoms with Gasteiger partial charge in [0.2, 0.25) is 0 Å². The van der Waals surface area contributed by atoms with Crippen LogP contribution < -0.4 is 5.32 Å². The van der Waals surface area contributed by atoms with E-state index in [0.717, 1.165) is 25.3 Å². The van der Waals surface area contributed by atoms with E-state index < -0.39 is 11.9 Å². The summed E-state index contributed by atoms with van der Waals surface area (Å²) in [6, 6.07) is 16.7. The number of fused-ring (bicyclic) bond motifs is 1. The van der Waals surface area contributed by atoms with Crippen molar-refractivity contribution in [2.24, 2.45) is 0 Å². The molecule has 0 aliphatic heterocycles. The van der Waals surface area contributed by atoms with Crippen LogP contribution in [0.2, 0.25) is 0 Å². The smallest absolute Gasteiger partial charge is 0.339 e. The van der Waals surface area contributed by atoms with Crippen LogP contribution in [-0.4, -0.2) is 18.5 Å². The highest BCUT2D eigenvalue weighted by molar-refractivity contribution is 9.11. The maximum absolute atomic E-state index is 12.4. The highest BCUT2D eigenvalue weighted by Crippen LogP contribution is 2.32. The van der Waals surface area contributed by atoms with Crippen LogP contribution in [0.3, 0.4) is 0 Å². The summed E-state index contributed by atoms with van der Waals surface area (Å²) in [5.41, 5.74) is 2.08. The zero-order valence-corrected chi connectivity index (χ0v) is 17.1. The molecule has 1 N–H and O–H groups in total. The molecule has 26 heavy (non-hydrogen) atoms. The van der Waals surface area contributed by atoms with Gasteiger partial charge in [0.15, 0.2) is 6.61 Å². The van der Waals surface area contributed by atoms with Crippen molar-refractivity contribution in [1.29, 1.82) is 0 Å². The third-order valence-electron chi connectivity index (χ3n) is 3.79. The molecule has 6 heteroatoms. The van der Waals surface area contributed by atoms with Crippen molar-refractivity contribution < 1.29 is 14.3 Å². The van der Waals surface area contributed by atoms with E-state index in [2.05, 4.69) is 37.2 Å². The number of ether oxygens (including phenoxy) is 1. The summed E-state index contributed by atoms with van der Waals surface area (Å²) in [4.78, 5) is 24.5. The van der Waals surface area contributed by atoms with E-state index in [1.165, 1.54) is 0 Å². The Hall–Kier alpha value is -2.18. The molecule has 0 saturated heterocycles. The Bertz CT molecular complexity index is 973. The fraction of sp³-hybridized carbons (Fsp3) is 0.100. The average Bonchev–Trinajstić information content (AvgIpc) is 2.62. The first-order chi connectivity index (χ1) is 12.5. The number of carbonyl (C=O) groups is 2. The molecule has 0 unspecified atom stereocenters. The molecule has 0 saturated carbocycles. The second-order valence-corrected chi connectivity index (χ2v) is 7.46. The van der Waals surface area contributed by atoms with Gasteiger partial charge in [0.25, 0.3) is 5.91 Å². The number of benzene rings is 3. The van der Waals surface area contributed by atoms with Gasteiger partial charge in [-0.25, -0.2) is 4.79 Å². The topological polar surface area (TPSA) is 55.4 Å². The van der Waals surface area contributed by atoms with E-state index in [1.54, 1.807) is 12.1 Å². The van der Waals surface area contributed by atoms with Crippen LogP contribution in [0.25, 0.3) is 10.8 Å². The first-order valence-corrected chi connectivity index (χ1v) is 9.44. The number of hydrogen-bond acceptors (Lipinski definition) is 3. The Kier molecular flexibility index (Phi) is 5.74. The molecular formula is C20H15Br2NO3. The maximum Gasteiger partial charge on any atom is 0.339 e. The molecule has 0 spiro atoms. The summed E-state index contributed by atoms with van der Waals surface area (Å²) < 4.78 is 6.69. The van der Waals surface area contributed by atoms with Crippen molar-refractivity contribution in [2.75, 3.05) is 11.9 Å². The number of carbonyl (C=O) groups excluding carboxylic acids is 2. The quantitative estimate of drug-likeness (QED) is 0.508. The molecule has 0 heterocycles. The zero-order valence-electron chi connectivity index (χ0n) is 13.9. The predicted octanol–water partition coefficient (Wildman–Crippen LogP) is 5.47. The molecule has 0 radical (unpaired) electrons. The molecule has 3 rings (SSSR count). The summed E-state index contributed by atoms with van der Waals surface area (Å²) in [5.74, 6) is -0.942. The number of aryl methyl sites for hydroxylation is 1. The molecule has 1 amide bonds. The molecule has 3 aromatic rings. The lowest BCUT2D eigenvalue weighted by molar-refractivity contribution is -0.119. The van der Waals surface area contributed by atoms with Crippen LogP contribution in [0.5, 0.6) is 0 Å². The van der Waals surface area contributed by atoms with Gasteiger partial charge >= 0.3 is 5.97 Å². The van der Waals surface area contributed by atoms with Crippen LogP contribution in [0.1, 0.15) is 15.9 Å². The number of esters is 1. The van der Waals surface area contributed by atoms with Crippen LogP contribution in [0, 0.1) is 6.92 Å². The van der Waals surface area contributed by atoms with E-state index in [9.17, 15) is 9.59 Å². The average molecular weight is 477 g/mol. The number of amides is 1. The van der Waals surface area contributed by atoms with Crippen molar-refractivity contribution in [2.45, 2.75) is 6.92 Å². The van der Waals surface area contributed by atoms with Crippen LogP contribution in [0.15, 0.2) is 63.5 Å². The molecular weight excluding hydrogens is 462 g/mol. The summed E-state index contributed by atoms with van der Waals surface area (Å²) in [7, 11) is 0. The number of hydrogen-bond donors (Lipinski definition) is 1. The molecule has 0 atom stereocenters. The Morgan fingerprint density at radius 1 is 1.00 bits per heavy atom. The van der Waals surface area contributed by atoms with Crippen molar-refractivity contribution >= 4 is 60.2 Å². The lowest BCUT2D eigenvalue weighted by Crippen LogP contribution is -2.21. The zero-order chi connectivity index (χ0) is 18.7. The lowest BCUT2D eigenvalue weighted by atomic mass is 10.1. The SMILES string of the molecule is Cc1cc(Br)c(NC(=O)COC(=O)c2cccc3ccccc23)c(Br)c1. The molecule has 4 nitrogen and oxygen atoms in total. The molecule has 0 aliphatic rings. The minimum Gasteiger partial charge on any atom is -0.452 e. The second-order valence-electron chi connectivity index (χ2n) is 5.75. The van der Waals surface area contributed by atoms with Gasteiger partial charge in [-0.1, -0.05) is 36.4 Å². The van der Waals surface area contributed by atoms with E-state index in [-0.39, 0.29) is 6.61 Å². The summed E-state index contributed by atoms with van der Waals surface area (Å²) in [6.07, 6.45) is 0. The number of nitrogens with one attached hydrogen (secondary N) is 1. The second kappa shape index (κ2) is 8.01. The van der Waals surface area contributed by atoms with Crippen molar-refractivity contribution in [1.82, 2.24) is 0 Å². The third-order valence-corrected chi connectivity index (χ3v) is 5.05. The van der Waals surface area contributed by atoms with Crippen LogP contribution in [-0.2, 0) is 9.53 Å². The van der Waals surface area contributed by atoms with E-state index in [1.807, 2.05) is 49.4 Å². The van der Waals surface area contributed by atoms with E-state index in [0.29, 0.717) is 11.3 Å². The number of rotatable bonds is 4. The number of halogens is 2. The fourth-order valence-electron chi connectivity index (χ4n) is 2.61. The highest BCUT2D eigenvalue weighted by atomic mass is 79.9. The van der Waals surface area contributed by atoms with Gasteiger partial charge < -0.3 is 10.1 Å². The van der Waals surface area contributed by atoms with Crippen LogP contribution >= 0.6 is 31.9 Å². The van der Waals surface area contributed by atoms with Gasteiger partial charge in [0.1, 0.15) is 0 Å². The summed E-state index contributed by atoms with van der Waals surface area (Å²) in [6.45, 7) is 1.59. The first kappa shape index (κ1) is 18.6. The maximum atomic E-state index is 12.4. The summed E-state index contributed by atoms with van der Waals surface area (Å²) in [5, 5.41) is 4.48. The highest BCUT2D eigenvalue weighted by Gasteiger charge is 2.15. The Morgan fingerprint density at radius 3 is 2.38 bits per heavy atom. The lowest BCUT2D eigenvalue weighted by Gasteiger charge is -2.11. The summed E-state index contributed by atoms with van der Waals surface area (Å²) >= 11 is 6.84. The van der Waals surface area contributed by atoms with E-state index in [4.69, 9.17) is 4.74 Å². The largest absolute Gasteiger partial charge is 0.452 e. The predicted molar refractivity (Wildman–Crippen MR) is 109 cm³/mol. The van der Waals surface area contributed by atoms with Gasteiger partial charge in [-0.05, 0) is 73.3 Å². The Labute approximate surface area is 167 Å². The third kappa shape index (κ3) is 4.14. The Morgan fingerprint density at radius 2 is 1.65 bits per heavy atom. The minimum absolute atomic E-state index is 0.366. The van der Waals surface area contributed by atoms with Crippen LogP contribution in [0.4, 0.5) is 5.69 Å². The molecule has 0 fully saturated rings. The van der Waals surface area contributed by atoms with Crippen molar-refractivity contribution in [3.8, 4) is 0 Å². The standard InChI is InChI=1S/C20H15Br2NO3/c1-12-9-16(21)19(17(22)10-12)23-18(24)11-26-20(25)15-8-4-6-13-5-2-3-7-14(13)15/h2-10H,11H2,1H3,(H,23,24). The van der Waals surface area contributed by atoms with Crippen molar-refractivity contribution in [3.05, 3.63) is 74.7 Å². The van der Waals surface area contributed by atoms with Gasteiger partial charge in [0, 0.05) is 8.95 Å². The fourth-order valence-corrected chi connectivity index (χ4v) is 4.22. The van der Waals surface area contributed by atoms with Gasteiger partial charge in [-0.3, -0.25) is 4.79 Å². The normalized spacial score (nSPS) is 10.6. The first-order valence-electron chi connectivity index (χ1n) is 7.86. The van der Waals surface area contributed by atoms with Gasteiger partial charge in [0.05, 0.1) is 11.3 Å². The van der Waals surface area contributed by atoms with Gasteiger partial charge in [-0.2, -0.15) is 0 Å². The minimum atomic E-state index is -0.529. The Balaban J connectivity index is 1.69. The molecule has 0 aliphatic carbocycles. The van der Waals surface area contributed by atoms with E-state index >= 15 is 0 Å². The van der Waals surface area contributed by atoms with Gasteiger partial charge in [-0.15, -0.1) is 0 Å². The monoisotopic (exact) mass is 475 g/mol. The van der Waals surface area contributed by atoms with Crippen molar-refractivity contribution in [3.63, 3.8) is 0 Å². The molecule has 0 aromatic heterocycles. The molecule has 132 valence electrons. The molecule has 0 bridgehead atoms.